The van der Waals surface area contributed by atoms with Crippen LogP contribution in [-0.4, -0.2) is 47.3 Å². The van der Waals surface area contributed by atoms with Gasteiger partial charge in [0.05, 0.1) is 6.61 Å². The molecule has 0 spiro atoms. The molecule has 6 nitrogen and oxygen atoms in total. The van der Waals surface area contributed by atoms with Crippen molar-refractivity contribution in [2.75, 3.05) is 26.3 Å². The summed E-state index contributed by atoms with van der Waals surface area (Å²) in [6.07, 6.45) is 2.75. The third-order valence-corrected chi connectivity index (χ3v) is 4.29. The number of hydrogen-bond donors (Lipinski definition) is 0. The fourth-order valence-corrected chi connectivity index (χ4v) is 2.98. The van der Waals surface area contributed by atoms with E-state index in [-0.39, 0.29) is 18.4 Å². The second-order valence-corrected chi connectivity index (χ2v) is 6.14. The lowest BCUT2D eigenvalue weighted by atomic mass is 9.97. The molecule has 1 fully saturated rings. The zero-order valence-electron chi connectivity index (χ0n) is 14.0. The first-order valence-corrected chi connectivity index (χ1v) is 8.42. The summed E-state index contributed by atoms with van der Waals surface area (Å²) in [4.78, 5) is 18.5. The highest BCUT2D eigenvalue weighted by molar-refractivity contribution is 5.77. The number of nitrogens with zero attached hydrogens (tertiary/aromatic N) is 3. The number of benzene rings is 1. The highest BCUT2D eigenvalue weighted by atomic mass is 16.5. The van der Waals surface area contributed by atoms with Gasteiger partial charge in [-0.2, -0.15) is 4.98 Å². The maximum Gasteiger partial charge on any atom is 0.248 e. The van der Waals surface area contributed by atoms with E-state index in [4.69, 9.17) is 9.26 Å². The molecule has 0 saturated carbocycles. The van der Waals surface area contributed by atoms with Gasteiger partial charge in [0.15, 0.2) is 5.82 Å². The van der Waals surface area contributed by atoms with Crippen LogP contribution in [0.4, 0.5) is 0 Å². The lowest BCUT2D eigenvalue weighted by Gasteiger charge is -2.31. The summed E-state index contributed by atoms with van der Waals surface area (Å²) in [5, 5.41) is 3.99. The number of aryl methyl sites for hydroxylation is 1. The molecule has 1 saturated heterocycles. The van der Waals surface area contributed by atoms with Gasteiger partial charge in [0.25, 0.3) is 0 Å². The molecule has 0 radical (unpaired) electrons. The van der Waals surface area contributed by atoms with Crippen molar-refractivity contribution in [3.05, 3.63) is 47.6 Å². The van der Waals surface area contributed by atoms with E-state index in [1.54, 1.807) is 6.92 Å². The Morgan fingerprint density at radius 2 is 2.21 bits per heavy atom. The third kappa shape index (κ3) is 4.41. The van der Waals surface area contributed by atoms with Crippen molar-refractivity contribution in [3.63, 3.8) is 0 Å². The van der Waals surface area contributed by atoms with Crippen LogP contribution in [0.1, 0.15) is 36.0 Å². The van der Waals surface area contributed by atoms with Crippen molar-refractivity contribution in [2.24, 2.45) is 0 Å². The first-order valence-electron chi connectivity index (χ1n) is 8.42. The maximum absolute atomic E-state index is 12.3. The molecule has 1 aliphatic heterocycles. The smallest absolute Gasteiger partial charge is 0.248 e. The average molecular weight is 329 g/mol. The van der Waals surface area contributed by atoms with Crippen LogP contribution in [0.5, 0.6) is 0 Å². The van der Waals surface area contributed by atoms with E-state index >= 15 is 0 Å². The standard InChI is InChI=1S/C18H23N3O3/c1-14-19-18(20-24-14)16-8-5-10-21(12-16)17(22)13-23-11-9-15-6-3-2-4-7-15/h2-4,6-7,16H,5,8-13H2,1H3. The average Bonchev–Trinajstić information content (AvgIpc) is 3.06. The van der Waals surface area contributed by atoms with Gasteiger partial charge in [-0.3, -0.25) is 4.79 Å². The number of piperidine rings is 1. The molecule has 0 aliphatic carbocycles. The quantitative estimate of drug-likeness (QED) is 0.761. The topological polar surface area (TPSA) is 68.5 Å². The van der Waals surface area contributed by atoms with E-state index in [1.807, 2.05) is 23.1 Å². The largest absolute Gasteiger partial charge is 0.371 e. The number of rotatable bonds is 6. The molecule has 128 valence electrons. The van der Waals surface area contributed by atoms with E-state index in [9.17, 15) is 4.79 Å². The Hall–Kier alpha value is -2.21. The van der Waals surface area contributed by atoms with Crippen LogP contribution in [0.15, 0.2) is 34.9 Å². The van der Waals surface area contributed by atoms with E-state index in [2.05, 4.69) is 22.3 Å². The fourth-order valence-electron chi connectivity index (χ4n) is 2.98. The van der Waals surface area contributed by atoms with Gasteiger partial charge < -0.3 is 14.2 Å². The minimum Gasteiger partial charge on any atom is -0.371 e. The zero-order chi connectivity index (χ0) is 16.8. The highest BCUT2D eigenvalue weighted by Crippen LogP contribution is 2.24. The molecule has 2 heterocycles. The van der Waals surface area contributed by atoms with Gasteiger partial charge >= 0.3 is 0 Å². The van der Waals surface area contributed by atoms with E-state index in [0.29, 0.717) is 24.9 Å². The minimum atomic E-state index is 0.0352. The Labute approximate surface area is 141 Å². The number of amides is 1. The summed E-state index contributed by atoms with van der Waals surface area (Å²) in [5.74, 6) is 1.46. The lowest BCUT2D eigenvalue weighted by Crippen LogP contribution is -2.41. The normalized spacial score (nSPS) is 17.9. The Balaban J connectivity index is 1.43. The summed E-state index contributed by atoms with van der Waals surface area (Å²) >= 11 is 0. The van der Waals surface area contributed by atoms with E-state index in [1.165, 1.54) is 5.56 Å². The molecule has 1 aromatic heterocycles. The molecule has 3 rings (SSSR count). The van der Waals surface area contributed by atoms with E-state index < -0.39 is 0 Å². The SMILES string of the molecule is Cc1nc(C2CCCN(C(=O)COCCc3ccccc3)C2)no1. The molecule has 1 amide bonds. The van der Waals surface area contributed by atoms with Crippen LogP contribution in [0, 0.1) is 6.92 Å². The number of aromatic nitrogens is 2. The molecule has 0 N–H and O–H groups in total. The maximum atomic E-state index is 12.3. The van der Waals surface area contributed by atoms with Crippen molar-refractivity contribution in [1.82, 2.24) is 15.0 Å². The van der Waals surface area contributed by atoms with Crippen molar-refractivity contribution in [2.45, 2.75) is 32.1 Å². The molecule has 0 bridgehead atoms. The minimum absolute atomic E-state index is 0.0352. The van der Waals surface area contributed by atoms with Gasteiger partial charge in [0.1, 0.15) is 6.61 Å². The molecule has 24 heavy (non-hydrogen) atoms. The second kappa shape index (κ2) is 8.06. The Morgan fingerprint density at radius 1 is 1.38 bits per heavy atom. The summed E-state index contributed by atoms with van der Waals surface area (Å²) in [7, 11) is 0. The number of likely N-dealkylation sites (tertiary alicyclic amines) is 1. The first kappa shape index (κ1) is 16.6. The Bertz CT molecular complexity index is 657. The van der Waals surface area contributed by atoms with Crippen LogP contribution in [0.2, 0.25) is 0 Å². The van der Waals surface area contributed by atoms with Crippen molar-refractivity contribution < 1.29 is 14.1 Å². The predicted molar refractivity (Wildman–Crippen MR) is 88.6 cm³/mol. The summed E-state index contributed by atoms with van der Waals surface area (Å²) in [6.45, 7) is 3.87. The molecule has 1 aliphatic rings. The van der Waals surface area contributed by atoms with E-state index in [0.717, 1.165) is 25.8 Å². The van der Waals surface area contributed by atoms with Crippen molar-refractivity contribution in [3.8, 4) is 0 Å². The molecule has 2 aromatic rings. The first-order chi connectivity index (χ1) is 11.7. The summed E-state index contributed by atoms with van der Waals surface area (Å²) in [5.41, 5.74) is 1.22. The van der Waals surface area contributed by atoms with Gasteiger partial charge in [-0.1, -0.05) is 35.5 Å². The summed E-state index contributed by atoms with van der Waals surface area (Å²) in [6, 6.07) is 10.1. The number of ether oxygens (including phenoxy) is 1. The van der Waals surface area contributed by atoms with Gasteiger partial charge in [0, 0.05) is 25.9 Å². The molecule has 1 atom stereocenters. The Kier molecular flexibility index (Phi) is 5.59. The van der Waals surface area contributed by atoms with Crippen LogP contribution in [0.25, 0.3) is 0 Å². The molecular weight excluding hydrogens is 306 g/mol. The van der Waals surface area contributed by atoms with Gasteiger partial charge in [-0.15, -0.1) is 0 Å². The number of carbonyl (C=O) groups is 1. The van der Waals surface area contributed by atoms with Crippen LogP contribution >= 0.6 is 0 Å². The molecule has 1 aromatic carbocycles. The monoisotopic (exact) mass is 329 g/mol. The predicted octanol–water partition coefficient (Wildman–Crippen LogP) is 2.34. The lowest BCUT2D eigenvalue weighted by molar-refractivity contribution is -0.137. The fraction of sp³-hybridized carbons (Fsp3) is 0.500. The highest BCUT2D eigenvalue weighted by Gasteiger charge is 2.27. The Morgan fingerprint density at radius 3 is 2.96 bits per heavy atom. The van der Waals surface area contributed by atoms with Gasteiger partial charge in [-0.05, 0) is 24.8 Å². The van der Waals surface area contributed by atoms with Crippen LogP contribution in [-0.2, 0) is 16.0 Å². The second-order valence-electron chi connectivity index (χ2n) is 6.14. The molecule has 1 unspecified atom stereocenters. The number of hydrogen-bond acceptors (Lipinski definition) is 5. The molecular formula is C18H23N3O3. The number of carbonyl (C=O) groups excluding carboxylic acids is 1. The van der Waals surface area contributed by atoms with Gasteiger partial charge in [0.2, 0.25) is 11.8 Å². The van der Waals surface area contributed by atoms with Crippen LogP contribution < -0.4 is 0 Å². The summed E-state index contributed by atoms with van der Waals surface area (Å²) < 4.78 is 10.6. The van der Waals surface area contributed by atoms with Crippen molar-refractivity contribution in [1.29, 1.82) is 0 Å². The third-order valence-electron chi connectivity index (χ3n) is 4.29. The van der Waals surface area contributed by atoms with Gasteiger partial charge in [-0.25, -0.2) is 0 Å². The zero-order valence-corrected chi connectivity index (χ0v) is 14.0. The van der Waals surface area contributed by atoms with Crippen LogP contribution in [0.3, 0.4) is 0 Å². The molecule has 6 heteroatoms. The van der Waals surface area contributed by atoms with Crippen molar-refractivity contribution >= 4 is 5.91 Å².